The molecule has 0 bridgehead atoms. The van der Waals surface area contributed by atoms with E-state index in [0.29, 0.717) is 21.0 Å². The van der Waals surface area contributed by atoms with Gasteiger partial charge in [0.05, 0.1) is 11.9 Å². The standard InChI is InChI=1S/C24H28ClF2N3O4S/c1-16(24(32)28-18-8-4-5-9-18)29(14-17-7-3-6-10-20(17)25)23(31)15-30(35(2,33)34)19-11-12-21(26)22(27)13-19/h3,6-7,10-13,16,18H,4-5,8-9,14-15H2,1-2H3,(H,28,32)/t16-/m0/s1. The third kappa shape index (κ3) is 6.91. The molecule has 190 valence electrons. The molecule has 3 rings (SSSR count). The van der Waals surface area contributed by atoms with Crippen molar-refractivity contribution >= 4 is 39.1 Å². The number of rotatable bonds is 9. The molecule has 0 heterocycles. The maximum absolute atomic E-state index is 13.8. The Balaban J connectivity index is 1.90. The van der Waals surface area contributed by atoms with Gasteiger partial charge < -0.3 is 10.2 Å². The molecule has 2 aromatic carbocycles. The highest BCUT2D eigenvalue weighted by molar-refractivity contribution is 7.92. The van der Waals surface area contributed by atoms with E-state index in [-0.39, 0.29) is 24.2 Å². The van der Waals surface area contributed by atoms with Gasteiger partial charge in [-0.15, -0.1) is 0 Å². The van der Waals surface area contributed by atoms with Crippen LogP contribution in [-0.2, 0) is 26.2 Å². The second kappa shape index (κ2) is 11.3. The average Bonchev–Trinajstić information content (AvgIpc) is 3.30. The number of benzene rings is 2. The van der Waals surface area contributed by atoms with Crippen molar-refractivity contribution in [2.75, 3.05) is 17.1 Å². The molecule has 0 aliphatic heterocycles. The zero-order valence-electron chi connectivity index (χ0n) is 19.5. The molecule has 0 spiro atoms. The van der Waals surface area contributed by atoms with Gasteiger partial charge in [0.1, 0.15) is 12.6 Å². The molecular weight excluding hydrogens is 500 g/mol. The van der Waals surface area contributed by atoms with Gasteiger partial charge in [-0.05, 0) is 43.5 Å². The van der Waals surface area contributed by atoms with Gasteiger partial charge in [0, 0.05) is 23.7 Å². The second-order valence-corrected chi connectivity index (χ2v) is 11.0. The van der Waals surface area contributed by atoms with Gasteiger partial charge in [0.15, 0.2) is 11.6 Å². The third-order valence-corrected chi connectivity index (χ3v) is 7.55. The number of halogens is 3. The van der Waals surface area contributed by atoms with E-state index in [2.05, 4.69) is 5.32 Å². The highest BCUT2D eigenvalue weighted by atomic mass is 35.5. The smallest absolute Gasteiger partial charge is 0.244 e. The minimum Gasteiger partial charge on any atom is -0.352 e. The monoisotopic (exact) mass is 527 g/mol. The Bertz CT molecular complexity index is 1190. The van der Waals surface area contributed by atoms with Crippen LogP contribution >= 0.6 is 11.6 Å². The fourth-order valence-electron chi connectivity index (χ4n) is 4.04. The number of hydrogen-bond acceptors (Lipinski definition) is 4. The number of sulfonamides is 1. The van der Waals surface area contributed by atoms with E-state index < -0.39 is 40.2 Å². The average molecular weight is 528 g/mol. The third-order valence-electron chi connectivity index (χ3n) is 6.04. The molecule has 1 aliphatic carbocycles. The number of hydrogen-bond donors (Lipinski definition) is 1. The van der Waals surface area contributed by atoms with E-state index >= 15 is 0 Å². The maximum atomic E-state index is 13.8. The lowest BCUT2D eigenvalue weighted by atomic mass is 10.1. The Morgan fingerprint density at radius 3 is 2.37 bits per heavy atom. The molecule has 1 saturated carbocycles. The van der Waals surface area contributed by atoms with Gasteiger partial charge in [-0.2, -0.15) is 0 Å². The van der Waals surface area contributed by atoms with Crippen LogP contribution in [0.15, 0.2) is 42.5 Å². The Labute approximate surface area is 209 Å². The molecule has 1 atom stereocenters. The summed E-state index contributed by atoms with van der Waals surface area (Å²) >= 11 is 6.28. The number of amides is 2. The van der Waals surface area contributed by atoms with Crippen molar-refractivity contribution in [3.05, 3.63) is 64.7 Å². The lowest BCUT2D eigenvalue weighted by Gasteiger charge is -2.32. The number of anilines is 1. The predicted octanol–water partition coefficient (Wildman–Crippen LogP) is 3.86. The quantitative estimate of drug-likeness (QED) is 0.536. The lowest BCUT2D eigenvalue weighted by Crippen LogP contribution is -2.52. The Kier molecular flexibility index (Phi) is 8.71. The van der Waals surface area contributed by atoms with Gasteiger partial charge in [-0.3, -0.25) is 13.9 Å². The predicted molar refractivity (Wildman–Crippen MR) is 130 cm³/mol. The first-order chi connectivity index (χ1) is 16.5. The molecule has 0 saturated heterocycles. The van der Waals surface area contributed by atoms with E-state index in [4.69, 9.17) is 11.6 Å². The molecule has 1 aliphatic rings. The molecule has 11 heteroatoms. The van der Waals surface area contributed by atoms with Crippen molar-refractivity contribution in [1.82, 2.24) is 10.2 Å². The van der Waals surface area contributed by atoms with Gasteiger partial charge in [0.25, 0.3) is 0 Å². The van der Waals surface area contributed by atoms with Crippen molar-refractivity contribution in [2.45, 2.75) is 51.2 Å². The summed E-state index contributed by atoms with van der Waals surface area (Å²) in [7, 11) is -4.05. The summed E-state index contributed by atoms with van der Waals surface area (Å²) in [5.74, 6) is -3.46. The largest absolute Gasteiger partial charge is 0.352 e. The van der Waals surface area contributed by atoms with Crippen LogP contribution in [0.2, 0.25) is 5.02 Å². The van der Waals surface area contributed by atoms with Gasteiger partial charge in [-0.1, -0.05) is 42.6 Å². The first-order valence-electron chi connectivity index (χ1n) is 11.2. The number of carbonyl (C=O) groups is 2. The van der Waals surface area contributed by atoms with Crippen LogP contribution < -0.4 is 9.62 Å². The first-order valence-corrected chi connectivity index (χ1v) is 13.5. The van der Waals surface area contributed by atoms with Crippen LogP contribution in [0.1, 0.15) is 38.2 Å². The van der Waals surface area contributed by atoms with Crippen LogP contribution in [0.25, 0.3) is 0 Å². The van der Waals surface area contributed by atoms with Gasteiger partial charge in [-0.25, -0.2) is 17.2 Å². The summed E-state index contributed by atoms with van der Waals surface area (Å²) in [6.07, 6.45) is 4.60. The summed E-state index contributed by atoms with van der Waals surface area (Å²) in [5.41, 5.74) is 0.363. The first kappa shape index (κ1) is 26.9. The number of nitrogens with zero attached hydrogens (tertiary/aromatic N) is 2. The van der Waals surface area contributed by atoms with Crippen molar-refractivity contribution in [3.8, 4) is 0 Å². The molecule has 7 nitrogen and oxygen atoms in total. The molecule has 2 amide bonds. The molecule has 2 aromatic rings. The Morgan fingerprint density at radius 2 is 1.77 bits per heavy atom. The van der Waals surface area contributed by atoms with E-state index in [1.807, 2.05) is 0 Å². The molecule has 0 radical (unpaired) electrons. The van der Waals surface area contributed by atoms with Gasteiger partial charge >= 0.3 is 0 Å². The van der Waals surface area contributed by atoms with Crippen LogP contribution in [0.3, 0.4) is 0 Å². The second-order valence-electron chi connectivity index (χ2n) is 8.65. The fourth-order valence-corrected chi connectivity index (χ4v) is 5.08. The minimum atomic E-state index is -4.05. The Hall–Kier alpha value is -2.72. The molecule has 0 aromatic heterocycles. The number of carbonyl (C=O) groups excluding carboxylic acids is 2. The molecule has 35 heavy (non-hydrogen) atoms. The number of nitrogens with one attached hydrogen (secondary N) is 1. The molecule has 0 unspecified atom stereocenters. The van der Waals surface area contributed by atoms with E-state index in [1.54, 1.807) is 31.2 Å². The molecule has 1 N–H and O–H groups in total. The lowest BCUT2D eigenvalue weighted by molar-refractivity contribution is -0.139. The molecule has 1 fully saturated rings. The summed E-state index contributed by atoms with van der Waals surface area (Å²) in [6, 6.07) is 8.45. The summed E-state index contributed by atoms with van der Waals surface area (Å²) in [4.78, 5) is 27.7. The van der Waals surface area contributed by atoms with Crippen LogP contribution in [-0.4, -0.2) is 50.0 Å². The summed E-state index contributed by atoms with van der Waals surface area (Å²) < 4.78 is 52.9. The van der Waals surface area contributed by atoms with E-state index in [0.717, 1.165) is 44.1 Å². The van der Waals surface area contributed by atoms with Gasteiger partial charge in [0.2, 0.25) is 21.8 Å². The zero-order valence-corrected chi connectivity index (χ0v) is 21.1. The zero-order chi connectivity index (χ0) is 25.8. The van der Waals surface area contributed by atoms with E-state index in [9.17, 15) is 26.8 Å². The van der Waals surface area contributed by atoms with Crippen LogP contribution in [0.5, 0.6) is 0 Å². The normalized spacial score (nSPS) is 15.0. The fraction of sp³-hybridized carbons (Fsp3) is 0.417. The van der Waals surface area contributed by atoms with Crippen LogP contribution in [0, 0.1) is 11.6 Å². The van der Waals surface area contributed by atoms with E-state index in [1.165, 1.54) is 4.90 Å². The van der Waals surface area contributed by atoms with Crippen LogP contribution in [0.4, 0.5) is 14.5 Å². The molecular formula is C24H28ClF2N3O4S. The highest BCUT2D eigenvalue weighted by Gasteiger charge is 2.32. The summed E-state index contributed by atoms with van der Waals surface area (Å²) in [6.45, 7) is 0.796. The SMILES string of the molecule is C[C@@H](C(=O)NC1CCCC1)N(Cc1ccccc1Cl)C(=O)CN(c1ccc(F)c(F)c1)S(C)(=O)=O. The highest BCUT2D eigenvalue weighted by Crippen LogP contribution is 2.23. The van der Waals surface area contributed by atoms with Crippen molar-refractivity contribution in [3.63, 3.8) is 0 Å². The van der Waals surface area contributed by atoms with Crippen molar-refractivity contribution in [2.24, 2.45) is 0 Å². The minimum absolute atomic E-state index is 0.0249. The topological polar surface area (TPSA) is 86.8 Å². The Morgan fingerprint density at radius 1 is 1.11 bits per heavy atom. The maximum Gasteiger partial charge on any atom is 0.244 e. The van der Waals surface area contributed by atoms with Crippen molar-refractivity contribution in [1.29, 1.82) is 0 Å². The summed E-state index contributed by atoms with van der Waals surface area (Å²) in [5, 5.41) is 3.34. The van der Waals surface area contributed by atoms with Crippen molar-refractivity contribution < 1.29 is 26.8 Å².